The van der Waals surface area contributed by atoms with Gasteiger partial charge in [-0.25, -0.2) is 13.8 Å². The van der Waals surface area contributed by atoms with Gasteiger partial charge in [-0.15, -0.1) is 0 Å². The molecule has 78 valence electrons. The van der Waals surface area contributed by atoms with Crippen molar-refractivity contribution in [1.29, 1.82) is 0 Å². The topological polar surface area (TPSA) is 12.9 Å². The van der Waals surface area contributed by atoms with Crippen LogP contribution in [0.4, 0.5) is 22.0 Å². The second-order valence-electron chi connectivity index (χ2n) is 2.73. The highest BCUT2D eigenvalue weighted by molar-refractivity contribution is 5.23. The van der Waals surface area contributed by atoms with Crippen molar-refractivity contribution in [1.82, 2.24) is 4.98 Å². The van der Waals surface area contributed by atoms with Crippen LogP contribution in [0.2, 0.25) is 0 Å². The zero-order valence-corrected chi connectivity index (χ0v) is 7.07. The molecule has 0 N–H and O–H groups in total. The summed E-state index contributed by atoms with van der Waals surface area (Å²) in [6.45, 7) is 1.24. The van der Waals surface area contributed by atoms with Gasteiger partial charge in [0.2, 0.25) is 0 Å². The summed E-state index contributed by atoms with van der Waals surface area (Å²) in [6, 6.07) is 1.29. The van der Waals surface area contributed by atoms with Crippen molar-refractivity contribution in [3.05, 3.63) is 29.1 Å². The third kappa shape index (κ3) is 2.40. The molecule has 0 atom stereocenters. The molecule has 0 aromatic carbocycles. The van der Waals surface area contributed by atoms with Crippen molar-refractivity contribution in [3.63, 3.8) is 0 Å². The lowest BCUT2D eigenvalue weighted by atomic mass is 10.2. The van der Waals surface area contributed by atoms with Gasteiger partial charge in [0.1, 0.15) is 5.69 Å². The second kappa shape index (κ2) is 3.51. The molecule has 0 unspecified atom stereocenters. The molecule has 1 aromatic heterocycles. The Labute approximate surface area is 76.6 Å². The number of nitrogens with zero attached hydrogens (tertiary/aromatic N) is 1. The van der Waals surface area contributed by atoms with Crippen LogP contribution in [0.15, 0.2) is 12.1 Å². The molecule has 0 saturated heterocycles. The van der Waals surface area contributed by atoms with Gasteiger partial charge in [-0.1, -0.05) is 0 Å². The first-order valence-electron chi connectivity index (χ1n) is 3.64. The van der Waals surface area contributed by atoms with Crippen LogP contribution in [0.3, 0.4) is 0 Å². The highest BCUT2D eigenvalue weighted by Crippen LogP contribution is 2.30. The van der Waals surface area contributed by atoms with Crippen molar-refractivity contribution in [2.24, 2.45) is 0 Å². The van der Waals surface area contributed by atoms with E-state index in [1.807, 2.05) is 0 Å². The Morgan fingerprint density at radius 2 is 1.79 bits per heavy atom. The number of pyridine rings is 1. The van der Waals surface area contributed by atoms with Crippen molar-refractivity contribution >= 4 is 0 Å². The Morgan fingerprint density at radius 3 is 2.21 bits per heavy atom. The zero-order chi connectivity index (χ0) is 10.9. The minimum Gasteiger partial charge on any atom is -0.249 e. The fourth-order valence-electron chi connectivity index (χ4n) is 0.966. The fourth-order valence-corrected chi connectivity index (χ4v) is 0.966. The fraction of sp³-hybridized carbons (Fsp3) is 0.375. The van der Waals surface area contributed by atoms with E-state index in [-0.39, 0.29) is 5.69 Å². The van der Waals surface area contributed by atoms with Crippen LogP contribution < -0.4 is 0 Å². The maximum absolute atomic E-state index is 12.1. The van der Waals surface area contributed by atoms with Gasteiger partial charge in [-0.05, 0) is 19.1 Å². The molecule has 0 bridgehead atoms. The smallest absolute Gasteiger partial charge is 0.249 e. The minimum atomic E-state index is -4.68. The Balaban J connectivity index is 3.21. The largest absolute Gasteiger partial charge is 0.433 e. The van der Waals surface area contributed by atoms with E-state index in [9.17, 15) is 22.0 Å². The summed E-state index contributed by atoms with van der Waals surface area (Å²) in [4.78, 5) is 3.13. The molecular weight excluding hydrogens is 205 g/mol. The summed E-state index contributed by atoms with van der Waals surface area (Å²) < 4.78 is 60.6. The van der Waals surface area contributed by atoms with Gasteiger partial charge >= 0.3 is 6.18 Å². The molecule has 1 rings (SSSR count). The SMILES string of the molecule is Cc1cc(C(F)F)cc(C(F)(F)F)n1. The van der Waals surface area contributed by atoms with E-state index < -0.39 is 23.9 Å². The third-order valence-electron chi connectivity index (χ3n) is 1.52. The lowest BCUT2D eigenvalue weighted by molar-refractivity contribution is -0.141. The predicted molar refractivity (Wildman–Crippen MR) is 38.9 cm³/mol. The molecular formula is C8H6F5N. The molecule has 0 fully saturated rings. The number of aromatic nitrogens is 1. The maximum Gasteiger partial charge on any atom is 0.433 e. The van der Waals surface area contributed by atoms with Crippen LogP contribution >= 0.6 is 0 Å². The Bertz CT molecular complexity index is 331. The summed E-state index contributed by atoms with van der Waals surface area (Å²) in [5.74, 6) is 0. The van der Waals surface area contributed by atoms with Crippen molar-refractivity contribution < 1.29 is 22.0 Å². The molecule has 0 amide bonds. The van der Waals surface area contributed by atoms with Gasteiger partial charge < -0.3 is 0 Å². The number of hydrogen-bond acceptors (Lipinski definition) is 1. The summed E-state index contributed by atoms with van der Waals surface area (Å²) in [5.41, 5.74) is -2.02. The van der Waals surface area contributed by atoms with Crippen molar-refractivity contribution in [3.8, 4) is 0 Å². The predicted octanol–water partition coefficient (Wildman–Crippen LogP) is 3.35. The van der Waals surface area contributed by atoms with Gasteiger partial charge in [0.15, 0.2) is 0 Å². The minimum absolute atomic E-state index is 0.0740. The van der Waals surface area contributed by atoms with Crippen LogP contribution in [0.1, 0.15) is 23.4 Å². The highest BCUT2D eigenvalue weighted by Gasteiger charge is 2.33. The molecule has 6 heteroatoms. The summed E-state index contributed by atoms with van der Waals surface area (Å²) in [5, 5.41) is 0. The van der Waals surface area contributed by atoms with Crippen molar-refractivity contribution in [2.75, 3.05) is 0 Å². The molecule has 0 aliphatic carbocycles. The van der Waals surface area contributed by atoms with E-state index in [0.29, 0.717) is 6.07 Å². The monoisotopic (exact) mass is 211 g/mol. The summed E-state index contributed by atoms with van der Waals surface area (Å²) >= 11 is 0. The van der Waals surface area contributed by atoms with Crippen LogP contribution in [0.25, 0.3) is 0 Å². The third-order valence-corrected chi connectivity index (χ3v) is 1.52. The number of rotatable bonds is 1. The van der Waals surface area contributed by atoms with E-state index >= 15 is 0 Å². The van der Waals surface area contributed by atoms with Gasteiger partial charge in [0, 0.05) is 11.3 Å². The molecule has 1 heterocycles. The Kier molecular flexibility index (Phi) is 2.73. The molecule has 0 aliphatic rings. The quantitative estimate of drug-likeness (QED) is 0.649. The van der Waals surface area contributed by atoms with E-state index in [0.717, 1.165) is 6.07 Å². The summed E-state index contributed by atoms with van der Waals surface area (Å²) in [7, 11) is 0. The lowest BCUT2D eigenvalue weighted by Crippen LogP contribution is -2.09. The molecule has 0 aliphatic heterocycles. The average Bonchev–Trinajstić information content (AvgIpc) is 2.01. The first-order chi connectivity index (χ1) is 6.30. The number of alkyl halides is 5. The standard InChI is InChI=1S/C8H6F5N/c1-4-2-5(7(9)10)3-6(14-4)8(11,12)13/h2-3,7H,1H3. The first kappa shape index (κ1) is 10.9. The number of aryl methyl sites for hydroxylation is 1. The van der Waals surface area contributed by atoms with Gasteiger partial charge in [-0.3, -0.25) is 0 Å². The molecule has 14 heavy (non-hydrogen) atoms. The maximum atomic E-state index is 12.1. The van der Waals surface area contributed by atoms with Gasteiger partial charge in [0.25, 0.3) is 6.43 Å². The summed E-state index contributed by atoms with van der Waals surface area (Å²) in [6.07, 6.45) is -7.60. The number of halogens is 5. The molecule has 0 spiro atoms. The molecule has 1 aromatic rings. The molecule has 0 saturated carbocycles. The Morgan fingerprint density at radius 1 is 1.21 bits per heavy atom. The van der Waals surface area contributed by atoms with E-state index in [2.05, 4.69) is 4.98 Å². The highest BCUT2D eigenvalue weighted by atomic mass is 19.4. The average molecular weight is 211 g/mol. The van der Waals surface area contributed by atoms with Crippen LogP contribution in [0, 0.1) is 6.92 Å². The normalized spacial score (nSPS) is 12.2. The van der Waals surface area contributed by atoms with Gasteiger partial charge in [0.05, 0.1) is 0 Å². The van der Waals surface area contributed by atoms with E-state index in [1.165, 1.54) is 6.92 Å². The van der Waals surface area contributed by atoms with Crippen LogP contribution in [-0.4, -0.2) is 4.98 Å². The molecule has 0 radical (unpaired) electrons. The first-order valence-corrected chi connectivity index (χ1v) is 3.64. The van der Waals surface area contributed by atoms with Gasteiger partial charge in [-0.2, -0.15) is 13.2 Å². The second-order valence-corrected chi connectivity index (χ2v) is 2.73. The lowest BCUT2D eigenvalue weighted by Gasteiger charge is -2.08. The number of hydrogen-bond donors (Lipinski definition) is 0. The molecule has 1 nitrogen and oxygen atoms in total. The van der Waals surface area contributed by atoms with Crippen molar-refractivity contribution in [2.45, 2.75) is 19.5 Å². The van der Waals surface area contributed by atoms with Crippen LogP contribution in [0.5, 0.6) is 0 Å². The van der Waals surface area contributed by atoms with E-state index in [4.69, 9.17) is 0 Å². The van der Waals surface area contributed by atoms with Crippen LogP contribution in [-0.2, 0) is 6.18 Å². The van der Waals surface area contributed by atoms with E-state index in [1.54, 1.807) is 0 Å². The Hall–Kier alpha value is -1.20. The zero-order valence-electron chi connectivity index (χ0n) is 7.07.